The van der Waals surface area contributed by atoms with Crippen molar-refractivity contribution in [3.8, 4) is 0 Å². The molecule has 6 rings (SSSR count). The van der Waals surface area contributed by atoms with Crippen molar-refractivity contribution in [2.45, 2.75) is 18.8 Å². The van der Waals surface area contributed by atoms with Crippen LogP contribution in [-0.2, 0) is 4.79 Å². The number of nitrogen functional groups attached to an aromatic ring is 1. The molecule has 0 unspecified atom stereocenters. The summed E-state index contributed by atoms with van der Waals surface area (Å²) in [6.07, 6.45) is 0. The Morgan fingerprint density at radius 2 is 1.36 bits per heavy atom. The van der Waals surface area contributed by atoms with Crippen molar-refractivity contribution in [1.29, 1.82) is 0 Å². The van der Waals surface area contributed by atoms with Crippen LogP contribution in [0.3, 0.4) is 0 Å². The second-order valence-electron chi connectivity index (χ2n) is 6.83. The summed E-state index contributed by atoms with van der Waals surface area (Å²) >= 11 is 0. The molecule has 0 radical (unpaired) electrons. The maximum absolute atomic E-state index is 11.7. The van der Waals surface area contributed by atoms with E-state index in [0.717, 1.165) is 11.4 Å². The highest BCUT2D eigenvalue weighted by Crippen LogP contribution is 2.58. The van der Waals surface area contributed by atoms with Crippen LogP contribution in [0, 0.1) is 0 Å². The number of nitrogens with two attached hydrogens (primary N) is 1. The van der Waals surface area contributed by atoms with E-state index in [-0.39, 0.29) is 17.7 Å². The molecule has 122 valence electrons. The fraction of sp³-hybridized carbons (Fsp3) is 0.136. The first kappa shape index (κ1) is 14.3. The van der Waals surface area contributed by atoms with Crippen LogP contribution in [0.5, 0.6) is 0 Å². The molecule has 2 atom stereocenters. The molecular formula is C22H18N2O. The first-order valence-corrected chi connectivity index (χ1v) is 8.54. The summed E-state index contributed by atoms with van der Waals surface area (Å²) in [6.45, 7) is 1.56. The normalized spacial score (nSPS) is 18.9. The first-order valence-electron chi connectivity index (χ1n) is 8.54. The lowest BCUT2D eigenvalue weighted by Gasteiger charge is -2.43. The minimum Gasteiger partial charge on any atom is -0.398 e. The topological polar surface area (TPSA) is 55.1 Å². The smallest absolute Gasteiger partial charge is 0.221 e. The minimum atomic E-state index is -0.0454. The van der Waals surface area contributed by atoms with Gasteiger partial charge in [-0.3, -0.25) is 4.79 Å². The molecule has 0 heterocycles. The summed E-state index contributed by atoms with van der Waals surface area (Å²) in [5.41, 5.74) is 15.7. The first-order chi connectivity index (χ1) is 12.2. The molecule has 2 bridgehead atoms. The van der Waals surface area contributed by atoms with Gasteiger partial charge in [-0.2, -0.15) is 0 Å². The van der Waals surface area contributed by atoms with Gasteiger partial charge in [-0.05, 0) is 45.5 Å². The third kappa shape index (κ3) is 1.84. The third-order valence-corrected chi connectivity index (χ3v) is 5.44. The van der Waals surface area contributed by atoms with Gasteiger partial charge in [0, 0.05) is 30.1 Å². The van der Waals surface area contributed by atoms with Gasteiger partial charge in [-0.15, -0.1) is 0 Å². The molecule has 0 saturated heterocycles. The van der Waals surface area contributed by atoms with Crippen molar-refractivity contribution in [1.82, 2.24) is 0 Å². The summed E-state index contributed by atoms with van der Waals surface area (Å²) in [5.74, 6) is 0.190. The molecular weight excluding hydrogens is 308 g/mol. The quantitative estimate of drug-likeness (QED) is 0.453. The monoisotopic (exact) mass is 326 g/mol. The van der Waals surface area contributed by atoms with Crippen LogP contribution in [0.4, 0.5) is 11.4 Å². The molecule has 3 aliphatic rings. The molecule has 3 nitrogen and oxygen atoms in total. The van der Waals surface area contributed by atoms with E-state index in [1.54, 1.807) is 6.92 Å². The molecule has 3 heteroatoms. The van der Waals surface area contributed by atoms with Gasteiger partial charge < -0.3 is 11.1 Å². The van der Waals surface area contributed by atoms with E-state index < -0.39 is 0 Å². The number of anilines is 2. The van der Waals surface area contributed by atoms with E-state index in [9.17, 15) is 4.79 Å². The number of carbonyl (C=O) groups excluding carboxylic acids is 1. The van der Waals surface area contributed by atoms with Crippen molar-refractivity contribution in [2.24, 2.45) is 0 Å². The van der Waals surface area contributed by atoms with Gasteiger partial charge in [0.05, 0.1) is 0 Å². The molecule has 0 aromatic heterocycles. The van der Waals surface area contributed by atoms with Crippen LogP contribution in [0.1, 0.15) is 52.1 Å². The number of hydrogen-bond acceptors (Lipinski definition) is 2. The van der Waals surface area contributed by atoms with Gasteiger partial charge in [0.1, 0.15) is 0 Å². The van der Waals surface area contributed by atoms with Gasteiger partial charge in [0.15, 0.2) is 0 Å². The van der Waals surface area contributed by atoms with Crippen molar-refractivity contribution < 1.29 is 4.79 Å². The molecule has 3 aliphatic carbocycles. The van der Waals surface area contributed by atoms with Gasteiger partial charge in [0.2, 0.25) is 5.91 Å². The van der Waals surface area contributed by atoms with E-state index in [1.807, 2.05) is 24.3 Å². The molecule has 0 spiro atoms. The lowest BCUT2D eigenvalue weighted by molar-refractivity contribution is -0.114. The Kier molecular flexibility index (Phi) is 2.84. The number of nitrogens with one attached hydrogen (secondary N) is 1. The molecule has 0 saturated carbocycles. The number of hydrogen-bond donors (Lipinski definition) is 2. The Morgan fingerprint density at radius 1 is 0.800 bits per heavy atom. The predicted molar refractivity (Wildman–Crippen MR) is 99.9 cm³/mol. The number of rotatable bonds is 1. The number of benzene rings is 3. The van der Waals surface area contributed by atoms with Gasteiger partial charge in [-0.25, -0.2) is 0 Å². The second kappa shape index (κ2) is 4.96. The van der Waals surface area contributed by atoms with Gasteiger partial charge >= 0.3 is 0 Å². The molecule has 1 amide bonds. The van der Waals surface area contributed by atoms with E-state index in [1.165, 1.54) is 33.4 Å². The van der Waals surface area contributed by atoms with Crippen LogP contribution in [0.25, 0.3) is 0 Å². The fourth-order valence-corrected chi connectivity index (χ4v) is 4.64. The molecule has 3 aromatic carbocycles. The fourth-order valence-electron chi connectivity index (χ4n) is 4.64. The highest BCUT2D eigenvalue weighted by atomic mass is 16.1. The van der Waals surface area contributed by atoms with Crippen LogP contribution in [-0.4, -0.2) is 5.91 Å². The van der Waals surface area contributed by atoms with E-state index >= 15 is 0 Å². The zero-order chi connectivity index (χ0) is 17.1. The lowest BCUT2D eigenvalue weighted by atomic mass is 9.60. The number of amides is 1. The van der Waals surface area contributed by atoms with Crippen LogP contribution in [0.2, 0.25) is 0 Å². The average molecular weight is 326 g/mol. The predicted octanol–water partition coefficient (Wildman–Crippen LogP) is 4.21. The van der Waals surface area contributed by atoms with Crippen LogP contribution >= 0.6 is 0 Å². The Hall–Kier alpha value is -3.07. The van der Waals surface area contributed by atoms with Crippen LogP contribution < -0.4 is 11.1 Å². The van der Waals surface area contributed by atoms with E-state index in [2.05, 4.69) is 41.7 Å². The summed E-state index contributed by atoms with van der Waals surface area (Å²) in [7, 11) is 0. The van der Waals surface area contributed by atoms with Crippen molar-refractivity contribution in [3.05, 3.63) is 94.0 Å². The maximum atomic E-state index is 11.7. The second-order valence-corrected chi connectivity index (χ2v) is 6.83. The lowest BCUT2D eigenvalue weighted by Crippen LogP contribution is -2.29. The highest BCUT2D eigenvalue weighted by Gasteiger charge is 2.43. The summed E-state index contributed by atoms with van der Waals surface area (Å²) in [4.78, 5) is 11.7. The molecule has 0 aliphatic heterocycles. The minimum absolute atomic E-state index is 0.0454. The van der Waals surface area contributed by atoms with Crippen molar-refractivity contribution in [3.63, 3.8) is 0 Å². The van der Waals surface area contributed by atoms with Crippen molar-refractivity contribution >= 4 is 17.3 Å². The van der Waals surface area contributed by atoms with Gasteiger partial charge in [0.25, 0.3) is 0 Å². The molecule has 0 fully saturated rings. The Balaban J connectivity index is 1.87. The zero-order valence-corrected chi connectivity index (χ0v) is 13.9. The van der Waals surface area contributed by atoms with Crippen LogP contribution in [0.15, 0.2) is 60.7 Å². The van der Waals surface area contributed by atoms with E-state index in [4.69, 9.17) is 5.73 Å². The summed E-state index contributed by atoms with van der Waals surface area (Å²) in [6, 6.07) is 21.0. The third-order valence-electron chi connectivity index (χ3n) is 5.44. The zero-order valence-electron chi connectivity index (χ0n) is 13.9. The van der Waals surface area contributed by atoms with Gasteiger partial charge in [-0.1, -0.05) is 48.5 Å². The molecule has 25 heavy (non-hydrogen) atoms. The van der Waals surface area contributed by atoms with Crippen molar-refractivity contribution in [2.75, 3.05) is 11.1 Å². The molecule has 3 aromatic rings. The van der Waals surface area contributed by atoms with E-state index in [0.29, 0.717) is 0 Å². The summed E-state index contributed by atoms with van der Waals surface area (Å²) in [5, 5.41) is 3.02. The average Bonchev–Trinajstić information content (AvgIpc) is 2.61. The number of carbonyl (C=O) groups is 1. The Morgan fingerprint density at radius 3 is 2.04 bits per heavy atom. The largest absolute Gasteiger partial charge is 0.398 e. The Bertz CT molecular complexity index is 1040. The standard InChI is InChI=1S/C22H18N2O/c1-12(25)24-18-11-5-9-16-19-13-6-2-3-7-14(13)20(22(16)18)15-8-4-10-17(23)21(15)19/h2-11,19-20H,23H2,1H3,(H,24,25)/t19-,20-/m1/s1. The summed E-state index contributed by atoms with van der Waals surface area (Å²) < 4.78 is 0. The molecule has 3 N–H and O–H groups in total. The highest BCUT2D eigenvalue weighted by molar-refractivity contribution is 5.91. The Labute approximate surface area is 146 Å². The maximum Gasteiger partial charge on any atom is 0.221 e. The SMILES string of the molecule is CC(=O)Nc1cccc2c1[C@@H]1c3ccccc3[C@H]2c2c(N)cccc21.